The zero-order chi connectivity index (χ0) is 19.6. The third-order valence-corrected chi connectivity index (χ3v) is 5.26. The van der Waals surface area contributed by atoms with E-state index < -0.39 is 11.6 Å². The SMILES string of the molecule is Fc1cc(F)cc(-c2cc(COCCCCCCC3CCCCNC3)on2)c1. The average Bonchev–Trinajstić information content (AvgIpc) is 2.99. The van der Waals surface area contributed by atoms with E-state index in [0.29, 0.717) is 30.2 Å². The number of benzene rings is 1. The van der Waals surface area contributed by atoms with Crippen molar-refractivity contribution in [2.45, 2.75) is 58.0 Å². The lowest BCUT2D eigenvalue weighted by molar-refractivity contribution is 0.0976. The lowest BCUT2D eigenvalue weighted by Gasteiger charge is -2.13. The quantitative estimate of drug-likeness (QED) is 0.544. The number of halogens is 2. The minimum Gasteiger partial charge on any atom is -0.373 e. The number of hydrogen-bond acceptors (Lipinski definition) is 4. The van der Waals surface area contributed by atoms with Gasteiger partial charge in [-0.15, -0.1) is 0 Å². The number of aromatic nitrogens is 1. The van der Waals surface area contributed by atoms with E-state index in [-0.39, 0.29) is 0 Å². The van der Waals surface area contributed by atoms with Crippen LogP contribution in [0.3, 0.4) is 0 Å². The van der Waals surface area contributed by atoms with Gasteiger partial charge in [0.1, 0.15) is 23.9 Å². The molecule has 28 heavy (non-hydrogen) atoms. The Bertz CT molecular complexity index is 692. The molecular formula is C22H30F2N2O2. The van der Waals surface area contributed by atoms with Crippen LogP contribution in [0.2, 0.25) is 0 Å². The van der Waals surface area contributed by atoms with Gasteiger partial charge in [-0.05, 0) is 56.8 Å². The Kier molecular flexibility index (Phi) is 8.42. The molecule has 0 radical (unpaired) electrons. The number of rotatable bonds is 10. The average molecular weight is 392 g/mol. The molecule has 0 aliphatic carbocycles. The fraction of sp³-hybridized carbons (Fsp3) is 0.591. The maximum atomic E-state index is 13.3. The fourth-order valence-electron chi connectivity index (χ4n) is 3.72. The largest absolute Gasteiger partial charge is 0.373 e. The molecule has 1 N–H and O–H groups in total. The van der Waals surface area contributed by atoms with Crippen LogP contribution in [0, 0.1) is 17.6 Å². The second-order valence-electron chi connectivity index (χ2n) is 7.66. The van der Waals surface area contributed by atoms with Gasteiger partial charge < -0.3 is 14.6 Å². The van der Waals surface area contributed by atoms with Gasteiger partial charge in [0, 0.05) is 24.3 Å². The molecule has 0 spiro atoms. The molecule has 1 fully saturated rings. The van der Waals surface area contributed by atoms with Crippen LogP contribution >= 0.6 is 0 Å². The van der Waals surface area contributed by atoms with E-state index >= 15 is 0 Å². The van der Waals surface area contributed by atoms with Crippen LogP contribution in [0.5, 0.6) is 0 Å². The van der Waals surface area contributed by atoms with Crippen molar-refractivity contribution >= 4 is 0 Å². The van der Waals surface area contributed by atoms with Gasteiger partial charge in [-0.1, -0.05) is 30.8 Å². The molecule has 2 heterocycles. The second-order valence-corrected chi connectivity index (χ2v) is 7.66. The van der Waals surface area contributed by atoms with Gasteiger partial charge in [-0.25, -0.2) is 8.78 Å². The Hall–Kier alpha value is -1.79. The van der Waals surface area contributed by atoms with Crippen molar-refractivity contribution in [3.05, 3.63) is 41.7 Å². The Morgan fingerprint density at radius 2 is 1.86 bits per heavy atom. The maximum absolute atomic E-state index is 13.3. The van der Waals surface area contributed by atoms with E-state index in [1.54, 1.807) is 6.07 Å². The molecule has 0 amide bonds. The zero-order valence-electron chi connectivity index (χ0n) is 16.4. The standard InChI is InChI=1S/C22H30F2N2O2/c23-19-11-18(12-20(24)13-19)22-14-21(28-26-22)16-27-10-6-2-1-3-7-17-8-4-5-9-25-15-17/h11-14,17,25H,1-10,15-16H2. The summed E-state index contributed by atoms with van der Waals surface area (Å²) in [5.41, 5.74) is 0.765. The van der Waals surface area contributed by atoms with Crippen LogP contribution < -0.4 is 5.32 Å². The third-order valence-electron chi connectivity index (χ3n) is 5.26. The summed E-state index contributed by atoms with van der Waals surface area (Å²) in [6.07, 6.45) is 10.1. The Balaban J connectivity index is 1.27. The minimum atomic E-state index is -0.633. The molecule has 154 valence electrons. The van der Waals surface area contributed by atoms with Gasteiger partial charge in [0.15, 0.2) is 5.76 Å². The summed E-state index contributed by atoms with van der Waals surface area (Å²) in [4.78, 5) is 0. The fourth-order valence-corrected chi connectivity index (χ4v) is 3.72. The van der Waals surface area contributed by atoms with Crippen LogP contribution in [0.4, 0.5) is 8.78 Å². The Morgan fingerprint density at radius 1 is 1.04 bits per heavy atom. The first kappa shape index (κ1) is 20.9. The normalized spacial score (nSPS) is 17.6. The molecule has 6 heteroatoms. The lowest BCUT2D eigenvalue weighted by Crippen LogP contribution is -2.20. The van der Waals surface area contributed by atoms with Gasteiger partial charge >= 0.3 is 0 Å². The van der Waals surface area contributed by atoms with Crippen LogP contribution in [0.25, 0.3) is 11.3 Å². The van der Waals surface area contributed by atoms with Crippen molar-refractivity contribution in [2.75, 3.05) is 19.7 Å². The highest BCUT2D eigenvalue weighted by molar-refractivity contribution is 5.58. The maximum Gasteiger partial charge on any atom is 0.163 e. The van der Waals surface area contributed by atoms with E-state index in [2.05, 4.69) is 10.5 Å². The monoisotopic (exact) mass is 392 g/mol. The molecule has 2 aromatic rings. The number of nitrogens with one attached hydrogen (secondary N) is 1. The highest BCUT2D eigenvalue weighted by Gasteiger charge is 2.11. The molecule has 1 aromatic heterocycles. The van der Waals surface area contributed by atoms with Crippen molar-refractivity contribution in [3.8, 4) is 11.3 Å². The van der Waals surface area contributed by atoms with Gasteiger partial charge in [0.25, 0.3) is 0 Å². The van der Waals surface area contributed by atoms with E-state index in [0.717, 1.165) is 18.4 Å². The van der Waals surface area contributed by atoms with Crippen LogP contribution in [0.1, 0.15) is 57.1 Å². The van der Waals surface area contributed by atoms with Gasteiger partial charge in [-0.3, -0.25) is 0 Å². The summed E-state index contributed by atoms with van der Waals surface area (Å²) >= 11 is 0. The number of nitrogens with zero attached hydrogens (tertiary/aromatic N) is 1. The summed E-state index contributed by atoms with van der Waals surface area (Å²) in [6.45, 7) is 3.36. The first-order valence-corrected chi connectivity index (χ1v) is 10.4. The Morgan fingerprint density at radius 3 is 2.71 bits per heavy atom. The van der Waals surface area contributed by atoms with Crippen LogP contribution in [0.15, 0.2) is 28.8 Å². The van der Waals surface area contributed by atoms with E-state index in [1.807, 2.05) is 0 Å². The van der Waals surface area contributed by atoms with Crippen LogP contribution in [-0.4, -0.2) is 24.9 Å². The second kappa shape index (κ2) is 11.3. The highest BCUT2D eigenvalue weighted by atomic mass is 19.1. The molecular weight excluding hydrogens is 362 g/mol. The van der Waals surface area contributed by atoms with Crippen LogP contribution in [-0.2, 0) is 11.3 Å². The third kappa shape index (κ3) is 6.99. The molecule has 3 rings (SSSR count). The summed E-state index contributed by atoms with van der Waals surface area (Å²) in [5.74, 6) is 0.142. The predicted molar refractivity (Wildman–Crippen MR) is 105 cm³/mol. The van der Waals surface area contributed by atoms with Crippen molar-refractivity contribution in [1.82, 2.24) is 10.5 Å². The van der Waals surface area contributed by atoms with E-state index in [1.165, 1.54) is 70.2 Å². The number of ether oxygens (including phenoxy) is 1. The van der Waals surface area contributed by atoms with Crippen molar-refractivity contribution < 1.29 is 18.0 Å². The minimum absolute atomic E-state index is 0.318. The van der Waals surface area contributed by atoms with Crippen molar-refractivity contribution in [3.63, 3.8) is 0 Å². The number of hydrogen-bond donors (Lipinski definition) is 1. The first-order chi connectivity index (χ1) is 13.7. The van der Waals surface area contributed by atoms with Crippen molar-refractivity contribution in [1.29, 1.82) is 0 Å². The van der Waals surface area contributed by atoms with Gasteiger partial charge in [0.05, 0.1) is 0 Å². The zero-order valence-corrected chi connectivity index (χ0v) is 16.4. The lowest BCUT2D eigenvalue weighted by atomic mass is 9.96. The first-order valence-electron chi connectivity index (χ1n) is 10.4. The van der Waals surface area contributed by atoms with Gasteiger partial charge in [-0.2, -0.15) is 0 Å². The predicted octanol–water partition coefficient (Wildman–Crippen LogP) is 5.48. The van der Waals surface area contributed by atoms with Crippen molar-refractivity contribution in [2.24, 2.45) is 5.92 Å². The summed E-state index contributed by atoms with van der Waals surface area (Å²) in [7, 11) is 0. The highest BCUT2D eigenvalue weighted by Crippen LogP contribution is 2.22. The molecule has 1 unspecified atom stereocenters. The molecule has 1 aromatic carbocycles. The molecule has 1 aliphatic rings. The van der Waals surface area contributed by atoms with E-state index in [4.69, 9.17) is 9.26 Å². The molecule has 4 nitrogen and oxygen atoms in total. The molecule has 0 saturated carbocycles. The topological polar surface area (TPSA) is 47.3 Å². The summed E-state index contributed by atoms with van der Waals surface area (Å²) in [5, 5.41) is 7.39. The van der Waals surface area contributed by atoms with Gasteiger partial charge in [0.2, 0.25) is 0 Å². The number of unbranched alkanes of at least 4 members (excludes halogenated alkanes) is 3. The molecule has 1 saturated heterocycles. The Labute approximate surface area is 165 Å². The molecule has 1 atom stereocenters. The smallest absolute Gasteiger partial charge is 0.163 e. The summed E-state index contributed by atoms with van der Waals surface area (Å²) in [6, 6.07) is 4.96. The molecule has 1 aliphatic heterocycles. The molecule has 0 bridgehead atoms. The summed E-state index contributed by atoms with van der Waals surface area (Å²) < 4.78 is 37.4. The van der Waals surface area contributed by atoms with E-state index in [9.17, 15) is 8.78 Å².